The standard InChI is InChI=1S/C15H12ClF3N6OS/c16-11-8(2-1-3-9(11)15(17,18)19)14(26)24-4-5-25-10(6-24)22-23-12(25)13-20-7-21-27-13/h1-3,7,12,23H,4-6H2. The van der Waals surface area contributed by atoms with Gasteiger partial charge in [0.1, 0.15) is 12.2 Å². The highest BCUT2D eigenvalue weighted by Gasteiger charge is 2.38. The summed E-state index contributed by atoms with van der Waals surface area (Å²) in [7, 11) is 0. The molecule has 27 heavy (non-hydrogen) atoms. The van der Waals surface area contributed by atoms with Crippen LogP contribution in [0.2, 0.25) is 5.02 Å². The Morgan fingerprint density at radius 1 is 1.33 bits per heavy atom. The van der Waals surface area contributed by atoms with E-state index >= 15 is 0 Å². The van der Waals surface area contributed by atoms with Crippen LogP contribution in [0.15, 0.2) is 29.6 Å². The number of hydrogen-bond acceptors (Lipinski definition) is 7. The van der Waals surface area contributed by atoms with Gasteiger partial charge in [-0.25, -0.2) is 4.98 Å². The van der Waals surface area contributed by atoms with Gasteiger partial charge in [-0.05, 0) is 23.7 Å². The summed E-state index contributed by atoms with van der Waals surface area (Å²) >= 11 is 7.12. The molecular weight excluding hydrogens is 405 g/mol. The molecule has 4 rings (SSSR count). The number of carbonyl (C=O) groups excluding carboxylic acids is 1. The molecule has 12 heteroatoms. The maximum absolute atomic E-state index is 13.0. The minimum Gasteiger partial charge on any atom is -0.329 e. The van der Waals surface area contributed by atoms with Crippen molar-refractivity contribution in [3.8, 4) is 0 Å². The van der Waals surface area contributed by atoms with Crippen molar-refractivity contribution in [2.75, 3.05) is 19.6 Å². The molecule has 1 N–H and O–H groups in total. The summed E-state index contributed by atoms with van der Waals surface area (Å²) in [5.74, 6) is 0.0470. The van der Waals surface area contributed by atoms with Crippen molar-refractivity contribution < 1.29 is 18.0 Å². The lowest BCUT2D eigenvalue weighted by Crippen LogP contribution is -2.51. The lowest BCUT2D eigenvalue weighted by Gasteiger charge is -2.35. The minimum absolute atomic E-state index is 0.160. The largest absolute Gasteiger partial charge is 0.417 e. The zero-order chi connectivity index (χ0) is 19.2. The van der Waals surface area contributed by atoms with Crippen LogP contribution in [0.25, 0.3) is 0 Å². The minimum atomic E-state index is -4.62. The highest BCUT2D eigenvalue weighted by Crippen LogP contribution is 2.36. The van der Waals surface area contributed by atoms with E-state index in [1.54, 1.807) is 0 Å². The van der Waals surface area contributed by atoms with Crippen LogP contribution >= 0.6 is 23.1 Å². The van der Waals surface area contributed by atoms with Gasteiger partial charge in [0.05, 0.1) is 22.7 Å². The van der Waals surface area contributed by atoms with Crippen LogP contribution in [0.3, 0.4) is 0 Å². The Labute approximate surface area is 160 Å². The molecule has 142 valence electrons. The van der Waals surface area contributed by atoms with Gasteiger partial charge >= 0.3 is 6.18 Å². The maximum atomic E-state index is 13.0. The number of amidine groups is 1. The number of benzene rings is 1. The van der Waals surface area contributed by atoms with Gasteiger partial charge in [-0.1, -0.05) is 17.7 Å². The Balaban J connectivity index is 1.53. The molecule has 0 saturated carbocycles. The average molecular weight is 417 g/mol. The molecule has 7 nitrogen and oxygen atoms in total. The highest BCUT2D eigenvalue weighted by molar-refractivity contribution is 7.05. The number of amides is 1. The summed E-state index contributed by atoms with van der Waals surface area (Å²) in [4.78, 5) is 20.3. The fourth-order valence-electron chi connectivity index (χ4n) is 3.03. The van der Waals surface area contributed by atoms with Gasteiger partial charge in [0.15, 0.2) is 11.2 Å². The number of alkyl halides is 3. The first-order valence-electron chi connectivity index (χ1n) is 7.86. The van der Waals surface area contributed by atoms with Gasteiger partial charge in [0.2, 0.25) is 0 Å². The molecule has 0 spiro atoms. The monoisotopic (exact) mass is 416 g/mol. The van der Waals surface area contributed by atoms with Crippen molar-refractivity contribution in [2.45, 2.75) is 12.3 Å². The number of hydrazone groups is 1. The zero-order valence-electron chi connectivity index (χ0n) is 13.6. The molecular formula is C15H12ClF3N6OS. The van der Waals surface area contributed by atoms with Crippen LogP contribution in [-0.4, -0.2) is 50.5 Å². The molecule has 1 atom stereocenters. The third-order valence-corrected chi connectivity index (χ3v) is 5.46. The lowest BCUT2D eigenvalue weighted by molar-refractivity contribution is -0.137. The molecule has 2 aliphatic rings. The third-order valence-electron chi connectivity index (χ3n) is 4.34. The maximum Gasteiger partial charge on any atom is 0.417 e. The number of nitrogens with zero attached hydrogens (tertiary/aromatic N) is 5. The summed E-state index contributed by atoms with van der Waals surface area (Å²) in [6.07, 6.45) is -3.42. The quantitative estimate of drug-likeness (QED) is 0.814. The second-order valence-corrected chi connectivity index (χ2v) is 7.11. The fraction of sp³-hybridized carbons (Fsp3) is 0.333. The van der Waals surface area contributed by atoms with Crippen molar-refractivity contribution in [3.63, 3.8) is 0 Å². The topological polar surface area (TPSA) is 73.7 Å². The molecule has 2 aliphatic heterocycles. The van der Waals surface area contributed by atoms with Crippen LogP contribution in [0.4, 0.5) is 13.2 Å². The molecule has 1 aromatic carbocycles. The van der Waals surface area contributed by atoms with E-state index in [0.29, 0.717) is 18.9 Å². The Morgan fingerprint density at radius 2 is 2.15 bits per heavy atom. The van der Waals surface area contributed by atoms with Gasteiger partial charge < -0.3 is 9.80 Å². The van der Waals surface area contributed by atoms with E-state index in [4.69, 9.17) is 11.6 Å². The summed E-state index contributed by atoms with van der Waals surface area (Å²) in [5, 5.41) is 4.38. The van der Waals surface area contributed by atoms with Crippen LogP contribution in [0.5, 0.6) is 0 Å². The van der Waals surface area contributed by atoms with Crippen molar-refractivity contribution in [1.29, 1.82) is 0 Å². The number of rotatable bonds is 2. The van der Waals surface area contributed by atoms with Gasteiger partial charge in [-0.2, -0.15) is 22.6 Å². The Bertz CT molecular complexity index is 903. The van der Waals surface area contributed by atoms with E-state index in [1.165, 1.54) is 34.9 Å². The predicted octanol–water partition coefficient (Wildman–Crippen LogP) is 2.58. The van der Waals surface area contributed by atoms with E-state index in [1.807, 2.05) is 4.90 Å². The average Bonchev–Trinajstić information content (AvgIpc) is 3.29. The summed E-state index contributed by atoms with van der Waals surface area (Å²) in [6.45, 7) is 0.938. The van der Waals surface area contributed by atoms with Gasteiger partial charge in [0, 0.05) is 13.1 Å². The lowest BCUT2D eigenvalue weighted by atomic mass is 10.1. The highest BCUT2D eigenvalue weighted by atomic mass is 35.5. The number of fused-ring (bicyclic) bond motifs is 1. The Kier molecular flexibility index (Phi) is 4.42. The molecule has 3 heterocycles. The van der Waals surface area contributed by atoms with Crippen LogP contribution < -0.4 is 5.43 Å². The third kappa shape index (κ3) is 3.21. The smallest absolute Gasteiger partial charge is 0.329 e. The van der Waals surface area contributed by atoms with Gasteiger partial charge in [-0.15, -0.1) is 0 Å². The number of halogens is 4. The van der Waals surface area contributed by atoms with Crippen LogP contribution in [0, 0.1) is 0 Å². The molecule has 0 aliphatic carbocycles. The second kappa shape index (κ2) is 6.64. The Hall–Kier alpha value is -2.40. The van der Waals surface area contributed by atoms with Crippen molar-refractivity contribution >= 4 is 34.9 Å². The van der Waals surface area contributed by atoms with Crippen molar-refractivity contribution in [2.24, 2.45) is 5.10 Å². The first-order chi connectivity index (χ1) is 12.9. The van der Waals surface area contributed by atoms with E-state index in [9.17, 15) is 18.0 Å². The first-order valence-corrected chi connectivity index (χ1v) is 9.01. The Morgan fingerprint density at radius 3 is 2.85 bits per heavy atom. The molecule has 1 unspecified atom stereocenters. The predicted molar refractivity (Wildman–Crippen MR) is 92.3 cm³/mol. The summed E-state index contributed by atoms with van der Waals surface area (Å²) < 4.78 is 43.1. The molecule has 1 fully saturated rings. The van der Waals surface area contributed by atoms with Crippen LogP contribution in [-0.2, 0) is 6.18 Å². The van der Waals surface area contributed by atoms with Gasteiger partial charge in [0.25, 0.3) is 5.91 Å². The van der Waals surface area contributed by atoms with Crippen molar-refractivity contribution in [1.82, 2.24) is 24.6 Å². The molecule has 1 amide bonds. The summed E-state index contributed by atoms with van der Waals surface area (Å²) in [5.41, 5.74) is 1.75. The number of hydrogen-bond donors (Lipinski definition) is 1. The van der Waals surface area contributed by atoms with Crippen LogP contribution in [0.1, 0.15) is 27.1 Å². The fourth-order valence-corrected chi connectivity index (χ4v) is 3.92. The van der Waals surface area contributed by atoms with Crippen molar-refractivity contribution in [3.05, 3.63) is 45.7 Å². The molecule has 0 radical (unpaired) electrons. The normalized spacial score (nSPS) is 19.6. The summed E-state index contributed by atoms with van der Waals surface area (Å²) in [6, 6.07) is 3.33. The number of piperazine rings is 1. The van der Waals surface area contributed by atoms with E-state index in [-0.39, 0.29) is 18.3 Å². The molecule has 1 saturated heterocycles. The zero-order valence-corrected chi connectivity index (χ0v) is 15.1. The molecule has 0 bridgehead atoms. The second-order valence-electron chi connectivity index (χ2n) is 5.92. The van der Waals surface area contributed by atoms with Gasteiger partial charge in [-0.3, -0.25) is 10.2 Å². The molecule has 1 aromatic heterocycles. The van der Waals surface area contributed by atoms with E-state index < -0.39 is 22.7 Å². The first kappa shape index (κ1) is 18.0. The number of carbonyl (C=O) groups is 1. The van der Waals surface area contributed by atoms with E-state index in [0.717, 1.165) is 11.1 Å². The van der Waals surface area contributed by atoms with E-state index in [2.05, 4.69) is 19.9 Å². The number of aromatic nitrogens is 2. The SMILES string of the molecule is O=C(c1cccc(C(F)(F)F)c1Cl)N1CCN2C(=NNC2c2ncns2)C1. The number of nitrogens with one attached hydrogen (secondary N) is 1. The molecule has 2 aromatic rings.